The normalized spacial score (nSPS) is 30.2. The Morgan fingerprint density at radius 2 is 0.779 bits per heavy atom. The minimum Gasteiger partial charge on any atom is -0.394 e. The summed E-state index contributed by atoms with van der Waals surface area (Å²) in [7, 11) is 1.35. The molecule has 3 aliphatic rings. The number of hydrogen-bond acceptors (Lipinski definition) is 24. The van der Waals surface area contributed by atoms with E-state index >= 15 is 0 Å². The van der Waals surface area contributed by atoms with Crippen LogP contribution in [0, 0.1) is 17.8 Å². The largest absolute Gasteiger partial charge is 0.394 e. The van der Waals surface area contributed by atoms with Crippen LogP contribution in [0.2, 0.25) is 0 Å². The maximum Gasteiger partial charge on any atom is 0.231 e. The van der Waals surface area contributed by atoms with E-state index in [0.29, 0.717) is 19.3 Å². The monoisotopic (exact) mass is 1120 g/mol. The van der Waals surface area contributed by atoms with Gasteiger partial charge in [-0.05, 0) is 19.3 Å². The van der Waals surface area contributed by atoms with Crippen molar-refractivity contribution in [3.8, 4) is 0 Å². The molecule has 3 aliphatic heterocycles. The van der Waals surface area contributed by atoms with Gasteiger partial charge in [0.15, 0.2) is 18.9 Å². The van der Waals surface area contributed by atoms with Crippen LogP contribution in [0.5, 0.6) is 0 Å². The molecular formula is C48H87N5O24. The van der Waals surface area contributed by atoms with E-state index in [9.17, 15) is 69.9 Å². The average Bonchev–Trinajstić information content (AvgIpc) is 3.41. The molecule has 29 nitrogen and oxygen atoms in total. The third-order valence-corrected chi connectivity index (χ3v) is 13.0. The van der Waals surface area contributed by atoms with Crippen LogP contribution in [0.3, 0.4) is 0 Å². The van der Waals surface area contributed by atoms with Gasteiger partial charge < -0.3 is 120 Å². The topological polar surface area (TPSA) is 420 Å². The van der Waals surface area contributed by atoms with E-state index in [0.717, 1.165) is 0 Å². The van der Waals surface area contributed by atoms with E-state index in [1.165, 1.54) is 7.11 Å². The van der Waals surface area contributed by atoms with Gasteiger partial charge in [-0.3, -0.25) is 24.0 Å². The lowest BCUT2D eigenvalue weighted by Gasteiger charge is -2.40. The van der Waals surface area contributed by atoms with Crippen molar-refractivity contribution in [2.75, 3.05) is 113 Å². The Balaban J connectivity index is 1.56. The van der Waals surface area contributed by atoms with E-state index < -0.39 is 153 Å². The van der Waals surface area contributed by atoms with Gasteiger partial charge in [0.1, 0.15) is 55.3 Å². The second kappa shape index (κ2) is 36.8. The number of aliphatic hydroxyl groups excluding tert-OH is 9. The van der Waals surface area contributed by atoms with Gasteiger partial charge in [-0.2, -0.15) is 0 Å². The fraction of sp³-hybridized carbons (Fsp3) is 0.896. The molecule has 0 aromatic carbocycles. The Hall–Kier alpha value is -3.41. The van der Waals surface area contributed by atoms with E-state index in [-0.39, 0.29) is 105 Å². The van der Waals surface area contributed by atoms with Crippen LogP contribution < -0.4 is 26.6 Å². The van der Waals surface area contributed by atoms with Gasteiger partial charge >= 0.3 is 0 Å². The maximum absolute atomic E-state index is 13.4. The Bertz CT molecular complexity index is 1550. The lowest BCUT2D eigenvalue weighted by Crippen LogP contribution is -2.59. The number of hydrogen-bond donors (Lipinski definition) is 14. The Morgan fingerprint density at radius 1 is 0.455 bits per heavy atom. The third kappa shape index (κ3) is 23.7. The van der Waals surface area contributed by atoms with E-state index in [1.54, 1.807) is 20.8 Å². The Kier molecular flexibility index (Phi) is 32.4. The number of rotatable bonds is 38. The zero-order chi connectivity index (χ0) is 56.9. The quantitative estimate of drug-likeness (QED) is 0.0155. The second-order valence-corrected chi connectivity index (χ2v) is 19.4. The summed E-state index contributed by atoms with van der Waals surface area (Å²) in [5.74, 6) is -4.37. The number of methoxy groups -OCH3 is 1. The van der Waals surface area contributed by atoms with Gasteiger partial charge in [0.25, 0.3) is 0 Å². The molecule has 14 N–H and O–H groups in total. The van der Waals surface area contributed by atoms with E-state index in [2.05, 4.69) is 26.6 Å². The lowest BCUT2D eigenvalue weighted by atomic mass is 9.92. The van der Waals surface area contributed by atoms with Gasteiger partial charge in [0.05, 0.1) is 97.6 Å². The first kappa shape index (κ1) is 67.9. The number of nitrogens with one attached hydrogen (secondary N) is 5. The van der Waals surface area contributed by atoms with Crippen molar-refractivity contribution in [3.05, 3.63) is 0 Å². The van der Waals surface area contributed by atoms with Crippen molar-refractivity contribution in [1.82, 2.24) is 26.6 Å². The van der Waals surface area contributed by atoms with Crippen molar-refractivity contribution in [3.63, 3.8) is 0 Å². The van der Waals surface area contributed by atoms with Crippen LogP contribution in [0.15, 0.2) is 0 Å². The van der Waals surface area contributed by atoms with Crippen LogP contribution in [0.4, 0.5) is 0 Å². The van der Waals surface area contributed by atoms with Crippen LogP contribution >= 0.6 is 0 Å². The maximum atomic E-state index is 13.4. The molecule has 29 heteroatoms. The molecule has 3 saturated heterocycles. The highest BCUT2D eigenvalue weighted by Gasteiger charge is 2.45. The van der Waals surface area contributed by atoms with Gasteiger partial charge in [0, 0.05) is 63.8 Å². The first-order valence-corrected chi connectivity index (χ1v) is 26.1. The molecule has 448 valence electrons. The minimum atomic E-state index is -1.54. The number of carbonyl (C=O) groups is 5. The summed E-state index contributed by atoms with van der Waals surface area (Å²) in [6.07, 6.45) is -13.0. The average molecular weight is 1120 g/mol. The summed E-state index contributed by atoms with van der Waals surface area (Å²) < 4.78 is 56.4. The molecule has 0 aromatic rings. The van der Waals surface area contributed by atoms with Gasteiger partial charge in [-0.1, -0.05) is 20.8 Å². The van der Waals surface area contributed by atoms with Gasteiger partial charge in [-0.25, -0.2) is 0 Å². The molecule has 15 atom stereocenters. The summed E-state index contributed by atoms with van der Waals surface area (Å²) in [5, 5.41) is 103. The van der Waals surface area contributed by atoms with E-state index in [1.807, 2.05) is 0 Å². The molecule has 0 bridgehead atoms. The molecule has 3 fully saturated rings. The molecular weight excluding hydrogens is 1030 g/mol. The van der Waals surface area contributed by atoms with Crippen molar-refractivity contribution in [2.24, 2.45) is 17.8 Å². The fourth-order valence-corrected chi connectivity index (χ4v) is 8.23. The predicted octanol–water partition coefficient (Wildman–Crippen LogP) is -6.03. The van der Waals surface area contributed by atoms with Crippen molar-refractivity contribution in [1.29, 1.82) is 0 Å². The highest BCUT2D eigenvalue weighted by atomic mass is 16.7. The molecule has 6 unspecified atom stereocenters. The Morgan fingerprint density at radius 3 is 1.08 bits per heavy atom. The van der Waals surface area contributed by atoms with Crippen LogP contribution in [0.1, 0.15) is 65.7 Å². The van der Waals surface area contributed by atoms with E-state index in [4.69, 9.17) is 47.4 Å². The zero-order valence-electron chi connectivity index (χ0n) is 44.6. The standard InChI is InChI=1S/C48H87N5O24/c1-28-39(62)42(65)31(21-54)75-45(28)72-14-5-11-49-34(57)8-17-69-24-48(53-38(61)20-37(60)52-27-68-4,25-70-18-9-35(58)50-12-6-15-73-46-29(2)40(63)43(66)32(22-55)76-46)26-71-19-10-36(59)51-13-7-16-74-47-30(3)41(64)44(67)33(23-56)77-47/h28-33,39-47,54-56,62-67H,5-27H2,1-4H3,(H,49,57)(H,50,58)(H,51,59)(H,52,60)(H,53,61)/t28?,29?,30?,31?,32?,33?,39-,40-,41-,42+,43+,44+,45-,46-,47-,48?/m1/s1. The first-order valence-electron chi connectivity index (χ1n) is 26.1. The molecule has 77 heavy (non-hydrogen) atoms. The number of ether oxygens (including phenoxy) is 10. The number of carbonyl (C=O) groups excluding carboxylic acids is 5. The first-order chi connectivity index (χ1) is 36.8. The molecule has 0 aromatic heterocycles. The fourth-order valence-electron chi connectivity index (χ4n) is 8.23. The molecule has 0 radical (unpaired) electrons. The zero-order valence-corrected chi connectivity index (χ0v) is 44.6. The summed E-state index contributed by atoms with van der Waals surface area (Å²) in [6.45, 7) is 2.67. The third-order valence-electron chi connectivity index (χ3n) is 13.0. The minimum absolute atomic E-state index is 0.121. The number of amides is 5. The summed E-state index contributed by atoms with van der Waals surface area (Å²) in [6, 6.07) is 0. The van der Waals surface area contributed by atoms with Crippen LogP contribution in [-0.4, -0.2) is 268 Å². The van der Waals surface area contributed by atoms with Crippen LogP contribution in [0.25, 0.3) is 0 Å². The molecule has 0 saturated carbocycles. The highest BCUT2D eigenvalue weighted by molar-refractivity contribution is 5.97. The number of aliphatic hydroxyl groups is 9. The Labute approximate surface area is 448 Å². The van der Waals surface area contributed by atoms with Crippen molar-refractivity contribution >= 4 is 29.5 Å². The molecule has 3 rings (SSSR count). The molecule has 0 spiro atoms. The molecule has 5 amide bonds. The van der Waals surface area contributed by atoms with Gasteiger partial charge in [-0.15, -0.1) is 0 Å². The summed E-state index contributed by atoms with van der Waals surface area (Å²) in [5.41, 5.74) is -1.54. The predicted molar refractivity (Wildman–Crippen MR) is 263 cm³/mol. The SMILES string of the molecule is COCNC(=O)CC(=O)NC(COCCC(=O)NCCCO[C@@H]1OC(CO)[C@H](O)[C@H](O)C1C)(COCCC(=O)NCCCO[C@@H]1OC(CO)[C@H](O)[C@H](O)C1C)COCCC(=O)NCCCO[C@@H]1OC(CO)[C@H](O)[C@H](O)C1C. The summed E-state index contributed by atoms with van der Waals surface area (Å²) in [4.78, 5) is 64.3. The van der Waals surface area contributed by atoms with Crippen LogP contribution in [-0.2, 0) is 71.3 Å². The van der Waals surface area contributed by atoms with Crippen molar-refractivity contribution < 1.29 is 117 Å². The highest BCUT2D eigenvalue weighted by Crippen LogP contribution is 2.29. The van der Waals surface area contributed by atoms with Crippen molar-refractivity contribution in [2.45, 2.75) is 145 Å². The lowest BCUT2D eigenvalue weighted by molar-refractivity contribution is -0.282. The van der Waals surface area contributed by atoms with Gasteiger partial charge in [0.2, 0.25) is 29.5 Å². The molecule has 3 heterocycles. The smallest absolute Gasteiger partial charge is 0.231 e. The molecule has 0 aliphatic carbocycles. The summed E-state index contributed by atoms with van der Waals surface area (Å²) >= 11 is 0. The second-order valence-electron chi connectivity index (χ2n) is 19.4.